The highest BCUT2D eigenvalue weighted by molar-refractivity contribution is 9.10. The Hall–Kier alpha value is -2.34. The molecule has 3 rings (SSSR count). The first kappa shape index (κ1) is 18.5. The molecule has 1 saturated carbocycles. The van der Waals surface area contributed by atoms with E-state index in [-0.39, 0.29) is 23.8 Å². The Labute approximate surface area is 161 Å². The van der Waals surface area contributed by atoms with Crippen LogP contribution in [-0.2, 0) is 10.2 Å². The summed E-state index contributed by atoms with van der Waals surface area (Å²) >= 11 is 3.34. The molecule has 0 atom stereocenters. The summed E-state index contributed by atoms with van der Waals surface area (Å²) in [5.41, 5.74) is 2.09. The van der Waals surface area contributed by atoms with Gasteiger partial charge in [-0.25, -0.2) is 4.79 Å². The summed E-state index contributed by atoms with van der Waals surface area (Å²) in [6.45, 7) is 0.952. The average molecular weight is 416 g/mol. The number of nitrogens with one attached hydrogen (secondary N) is 3. The maximum Gasteiger partial charge on any atom is 0.319 e. The SMILES string of the molecule is O=C(CCNC(=O)Nc1ccc(Br)cc1)NCC1(c2ccccc2)CC1. The summed E-state index contributed by atoms with van der Waals surface area (Å²) in [4.78, 5) is 23.9. The van der Waals surface area contributed by atoms with Crippen molar-refractivity contribution in [3.63, 3.8) is 0 Å². The molecule has 0 heterocycles. The van der Waals surface area contributed by atoms with E-state index in [9.17, 15) is 9.59 Å². The number of hydrogen-bond acceptors (Lipinski definition) is 2. The molecule has 6 heteroatoms. The monoisotopic (exact) mass is 415 g/mol. The Kier molecular flexibility index (Phi) is 5.93. The third-order valence-electron chi connectivity index (χ3n) is 4.60. The van der Waals surface area contributed by atoms with Crippen molar-refractivity contribution in [1.29, 1.82) is 0 Å². The van der Waals surface area contributed by atoms with Crippen molar-refractivity contribution in [2.24, 2.45) is 0 Å². The van der Waals surface area contributed by atoms with Crippen LogP contribution in [0.1, 0.15) is 24.8 Å². The minimum Gasteiger partial charge on any atom is -0.355 e. The predicted octanol–water partition coefficient (Wildman–Crippen LogP) is 3.81. The molecule has 0 spiro atoms. The minimum absolute atomic E-state index is 0.0452. The zero-order valence-electron chi connectivity index (χ0n) is 14.4. The summed E-state index contributed by atoms with van der Waals surface area (Å²) in [6.07, 6.45) is 2.47. The van der Waals surface area contributed by atoms with Crippen LogP contribution >= 0.6 is 15.9 Å². The molecule has 0 bridgehead atoms. The highest BCUT2D eigenvalue weighted by Crippen LogP contribution is 2.47. The van der Waals surface area contributed by atoms with E-state index in [1.165, 1.54) is 5.56 Å². The largest absolute Gasteiger partial charge is 0.355 e. The van der Waals surface area contributed by atoms with Crippen molar-refractivity contribution in [3.8, 4) is 0 Å². The Morgan fingerprint density at radius 1 is 0.962 bits per heavy atom. The van der Waals surface area contributed by atoms with Crippen LogP contribution < -0.4 is 16.0 Å². The Morgan fingerprint density at radius 2 is 1.65 bits per heavy atom. The third-order valence-corrected chi connectivity index (χ3v) is 5.13. The van der Waals surface area contributed by atoms with Gasteiger partial charge in [-0.05, 0) is 42.7 Å². The van der Waals surface area contributed by atoms with E-state index >= 15 is 0 Å². The number of hydrogen-bond donors (Lipinski definition) is 3. The summed E-state index contributed by atoms with van der Waals surface area (Å²) in [5, 5.41) is 8.42. The highest BCUT2D eigenvalue weighted by atomic mass is 79.9. The third kappa shape index (κ3) is 5.08. The van der Waals surface area contributed by atoms with Crippen molar-refractivity contribution in [2.75, 3.05) is 18.4 Å². The van der Waals surface area contributed by atoms with Crippen LogP contribution in [0.3, 0.4) is 0 Å². The van der Waals surface area contributed by atoms with Gasteiger partial charge < -0.3 is 16.0 Å². The number of carbonyl (C=O) groups excluding carboxylic acids is 2. The van der Waals surface area contributed by atoms with Gasteiger partial charge in [-0.1, -0.05) is 46.3 Å². The number of rotatable bonds is 7. The number of anilines is 1. The van der Waals surface area contributed by atoms with E-state index in [1.54, 1.807) is 12.1 Å². The lowest BCUT2D eigenvalue weighted by Gasteiger charge is -2.16. The molecular formula is C20H22BrN3O2. The molecule has 1 aliphatic rings. The van der Waals surface area contributed by atoms with E-state index in [0.717, 1.165) is 17.3 Å². The van der Waals surface area contributed by atoms with E-state index in [4.69, 9.17) is 0 Å². The van der Waals surface area contributed by atoms with Gasteiger partial charge in [0.15, 0.2) is 0 Å². The second-order valence-corrected chi connectivity index (χ2v) is 7.48. The first-order chi connectivity index (χ1) is 12.6. The first-order valence-corrected chi connectivity index (χ1v) is 9.49. The van der Waals surface area contributed by atoms with Crippen molar-refractivity contribution >= 4 is 33.6 Å². The van der Waals surface area contributed by atoms with Gasteiger partial charge in [-0.2, -0.15) is 0 Å². The molecule has 0 saturated heterocycles. The maximum absolute atomic E-state index is 12.0. The van der Waals surface area contributed by atoms with Gasteiger partial charge in [-0.15, -0.1) is 0 Å². The summed E-state index contributed by atoms with van der Waals surface area (Å²) in [6, 6.07) is 17.3. The van der Waals surface area contributed by atoms with Crippen LogP contribution in [-0.4, -0.2) is 25.0 Å². The maximum atomic E-state index is 12.0. The summed E-state index contributed by atoms with van der Waals surface area (Å²) < 4.78 is 0.948. The van der Waals surface area contributed by atoms with Crippen LogP contribution in [0.25, 0.3) is 0 Å². The molecule has 1 fully saturated rings. The van der Waals surface area contributed by atoms with Gasteiger partial charge in [0.1, 0.15) is 0 Å². The lowest BCUT2D eigenvalue weighted by molar-refractivity contribution is -0.121. The smallest absolute Gasteiger partial charge is 0.319 e. The summed E-state index contributed by atoms with van der Waals surface area (Å²) in [5.74, 6) is -0.0452. The van der Waals surface area contributed by atoms with Gasteiger partial charge >= 0.3 is 6.03 Å². The van der Waals surface area contributed by atoms with Crippen molar-refractivity contribution in [3.05, 3.63) is 64.6 Å². The van der Waals surface area contributed by atoms with Crippen LogP contribution in [0, 0.1) is 0 Å². The van der Waals surface area contributed by atoms with Crippen LogP contribution in [0.4, 0.5) is 10.5 Å². The van der Waals surface area contributed by atoms with Crippen molar-refractivity contribution < 1.29 is 9.59 Å². The summed E-state index contributed by atoms with van der Waals surface area (Å²) in [7, 11) is 0. The van der Waals surface area contributed by atoms with E-state index in [1.807, 2.05) is 30.3 Å². The van der Waals surface area contributed by atoms with Gasteiger partial charge in [0, 0.05) is 35.1 Å². The lowest BCUT2D eigenvalue weighted by atomic mass is 9.96. The fraction of sp³-hybridized carbons (Fsp3) is 0.300. The Bertz CT molecular complexity index is 758. The molecule has 0 aromatic heterocycles. The first-order valence-electron chi connectivity index (χ1n) is 8.70. The average Bonchev–Trinajstić information content (AvgIpc) is 3.44. The van der Waals surface area contributed by atoms with Gasteiger partial charge in [-0.3, -0.25) is 4.79 Å². The number of amides is 3. The van der Waals surface area contributed by atoms with Gasteiger partial charge in [0.05, 0.1) is 0 Å². The molecule has 3 amide bonds. The molecule has 0 unspecified atom stereocenters. The predicted molar refractivity (Wildman–Crippen MR) is 106 cm³/mol. The molecule has 5 nitrogen and oxygen atoms in total. The Balaban J connectivity index is 1.35. The number of halogens is 1. The molecular weight excluding hydrogens is 394 g/mol. The molecule has 3 N–H and O–H groups in total. The molecule has 136 valence electrons. The molecule has 26 heavy (non-hydrogen) atoms. The van der Waals surface area contributed by atoms with Gasteiger partial charge in [0.25, 0.3) is 0 Å². The minimum atomic E-state index is -0.317. The standard InChI is InChI=1S/C20H22BrN3O2/c21-16-6-8-17(9-7-16)24-19(26)22-13-10-18(25)23-14-20(11-12-20)15-4-2-1-3-5-15/h1-9H,10-14H2,(H,23,25)(H2,22,24,26). The molecule has 2 aromatic rings. The normalized spacial score (nSPS) is 14.3. The zero-order chi connectivity index (χ0) is 18.4. The number of urea groups is 1. The van der Waals surface area contributed by atoms with E-state index in [2.05, 4.69) is 44.0 Å². The van der Waals surface area contributed by atoms with E-state index in [0.29, 0.717) is 18.8 Å². The quantitative estimate of drug-likeness (QED) is 0.643. The molecule has 1 aliphatic carbocycles. The second-order valence-electron chi connectivity index (χ2n) is 6.56. The van der Waals surface area contributed by atoms with Crippen LogP contribution in [0.5, 0.6) is 0 Å². The van der Waals surface area contributed by atoms with Crippen LogP contribution in [0.15, 0.2) is 59.1 Å². The zero-order valence-corrected chi connectivity index (χ0v) is 16.0. The fourth-order valence-electron chi connectivity index (χ4n) is 2.86. The van der Waals surface area contributed by atoms with E-state index < -0.39 is 0 Å². The highest BCUT2D eigenvalue weighted by Gasteiger charge is 2.44. The second kappa shape index (κ2) is 8.36. The van der Waals surface area contributed by atoms with Crippen LogP contribution in [0.2, 0.25) is 0 Å². The molecule has 0 aliphatic heterocycles. The topological polar surface area (TPSA) is 70.2 Å². The van der Waals surface area contributed by atoms with Gasteiger partial charge in [0.2, 0.25) is 5.91 Å². The van der Waals surface area contributed by atoms with Crippen molar-refractivity contribution in [2.45, 2.75) is 24.7 Å². The Morgan fingerprint density at radius 3 is 2.31 bits per heavy atom. The number of carbonyl (C=O) groups is 2. The van der Waals surface area contributed by atoms with Crippen molar-refractivity contribution in [1.82, 2.24) is 10.6 Å². The lowest BCUT2D eigenvalue weighted by Crippen LogP contribution is -2.36. The fourth-order valence-corrected chi connectivity index (χ4v) is 3.13. The molecule has 0 radical (unpaired) electrons. The molecule has 2 aromatic carbocycles. The number of benzene rings is 2.